The first-order valence-electron chi connectivity index (χ1n) is 5.94. The van der Waals surface area contributed by atoms with Crippen molar-refractivity contribution >= 4 is 5.97 Å². The van der Waals surface area contributed by atoms with Gasteiger partial charge in [0.15, 0.2) is 11.9 Å². The van der Waals surface area contributed by atoms with Gasteiger partial charge in [0, 0.05) is 7.11 Å². The molecule has 2 heterocycles. The van der Waals surface area contributed by atoms with Crippen molar-refractivity contribution in [3.63, 3.8) is 0 Å². The van der Waals surface area contributed by atoms with Crippen molar-refractivity contribution in [2.24, 2.45) is 0 Å². The summed E-state index contributed by atoms with van der Waals surface area (Å²) in [4.78, 5) is 11.9. The van der Waals surface area contributed by atoms with Crippen molar-refractivity contribution in [1.29, 1.82) is 0 Å². The van der Waals surface area contributed by atoms with Gasteiger partial charge in [0.2, 0.25) is 0 Å². The van der Waals surface area contributed by atoms with E-state index in [-0.39, 0.29) is 12.1 Å². The lowest BCUT2D eigenvalue weighted by molar-refractivity contribution is -0.215. The summed E-state index contributed by atoms with van der Waals surface area (Å²) in [5.74, 6) is -1.14. The average Bonchev–Trinajstić information content (AvgIpc) is 2.55. The van der Waals surface area contributed by atoms with Gasteiger partial charge in [-0.1, -0.05) is 6.92 Å². The molecule has 0 amide bonds. The number of hydrogen-bond donors (Lipinski definition) is 0. The second kappa shape index (κ2) is 3.93. The van der Waals surface area contributed by atoms with E-state index >= 15 is 0 Å². The van der Waals surface area contributed by atoms with Gasteiger partial charge in [-0.15, -0.1) is 0 Å². The van der Waals surface area contributed by atoms with Crippen LogP contribution in [0.2, 0.25) is 0 Å². The molecule has 5 heteroatoms. The number of hydrogen-bond acceptors (Lipinski definition) is 5. The van der Waals surface area contributed by atoms with Gasteiger partial charge in [0.1, 0.15) is 17.8 Å². The Hall–Kier alpha value is -0.650. The Labute approximate surface area is 101 Å². The fourth-order valence-electron chi connectivity index (χ4n) is 2.54. The van der Waals surface area contributed by atoms with Gasteiger partial charge < -0.3 is 18.9 Å². The molecule has 0 spiro atoms. The molecule has 2 rings (SSSR count). The number of methoxy groups -OCH3 is 1. The summed E-state index contributed by atoms with van der Waals surface area (Å²) in [5, 5.41) is 0. The Kier molecular flexibility index (Phi) is 2.96. The Bertz CT molecular complexity index is 327. The molecule has 0 aliphatic carbocycles. The molecule has 0 N–H and O–H groups in total. The van der Waals surface area contributed by atoms with Crippen molar-refractivity contribution in [3.8, 4) is 0 Å². The molecule has 2 aliphatic heterocycles. The normalized spacial score (nSPS) is 44.3. The van der Waals surface area contributed by atoms with Crippen molar-refractivity contribution < 1.29 is 23.7 Å². The number of ether oxygens (including phenoxy) is 4. The van der Waals surface area contributed by atoms with Crippen molar-refractivity contribution in [2.75, 3.05) is 7.11 Å². The van der Waals surface area contributed by atoms with Gasteiger partial charge in [-0.25, -0.2) is 4.79 Å². The third kappa shape index (κ3) is 1.96. The number of rotatable bonds is 2. The molecule has 0 radical (unpaired) electrons. The van der Waals surface area contributed by atoms with Crippen LogP contribution in [0.5, 0.6) is 0 Å². The maximum atomic E-state index is 11.9. The predicted octanol–water partition coefficient (Wildman–Crippen LogP) is 1.25. The number of carbonyl (C=O) groups is 1. The zero-order valence-electron chi connectivity index (χ0n) is 11.0. The molecule has 0 saturated carbocycles. The van der Waals surface area contributed by atoms with Crippen LogP contribution in [0.25, 0.3) is 0 Å². The molecule has 4 atom stereocenters. The molecule has 0 aromatic heterocycles. The maximum absolute atomic E-state index is 11.9. The number of fused-ring (bicyclic) bond motifs is 1. The van der Waals surface area contributed by atoms with Gasteiger partial charge in [-0.05, 0) is 27.2 Å². The van der Waals surface area contributed by atoms with E-state index in [9.17, 15) is 4.79 Å². The van der Waals surface area contributed by atoms with Crippen LogP contribution in [0.15, 0.2) is 0 Å². The first-order valence-corrected chi connectivity index (χ1v) is 5.94. The van der Waals surface area contributed by atoms with Crippen LogP contribution in [-0.4, -0.2) is 42.8 Å². The molecule has 2 aliphatic rings. The zero-order valence-corrected chi connectivity index (χ0v) is 11.0. The molecule has 2 fully saturated rings. The van der Waals surface area contributed by atoms with Crippen LogP contribution in [0.3, 0.4) is 0 Å². The van der Waals surface area contributed by atoms with Gasteiger partial charge in [0.25, 0.3) is 0 Å². The highest BCUT2D eigenvalue weighted by molar-refractivity contribution is 5.77. The lowest BCUT2D eigenvalue weighted by Gasteiger charge is -2.43. The quantitative estimate of drug-likeness (QED) is 0.684. The van der Waals surface area contributed by atoms with Crippen LogP contribution in [0, 0.1) is 0 Å². The average molecular weight is 244 g/mol. The van der Waals surface area contributed by atoms with E-state index in [2.05, 4.69) is 0 Å². The fraction of sp³-hybridized carbons (Fsp3) is 0.917. The van der Waals surface area contributed by atoms with Crippen LogP contribution in [-0.2, 0) is 23.7 Å². The second-order valence-corrected chi connectivity index (χ2v) is 5.26. The standard InChI is InChI=1S/C12H20O5/c1-6-12(4)9(14-5)7-8(10(13)17-12)16-11(2,3)15-7/h7-9H,6H2,1-5H3. The molecule has 0 aromatic carbocycles. The smallest absolute Gasteiger partial charge is 0.338 e. The predicted molar refractivity (Wildman–Crippen MR) is 59.4 cm³/mol. The highest BCUT2D eigenvalue weighted by atomic mass is 16.8. The number of carbonyl (C=O) groups excluding carboxylic acids is 1. The van der Waals surface area contributed by atoms with Crippen LogP contribution in [0.1, 0.15) is 34.1 Å². The van der Waals surface area contributed by atoms with E-state index in [1.807, 2.05) is 13.8 Å². The number of esters is 1. The highest BCUT2D eigenvalue weighted by Crippen LogP contribution is 2.41. The van der Waals surface area contributed by atoms with Gasteiger partial charge in [-0.3, -0.25) is 0 Å². The lowest BCUT2D eigenvalue weighted by Crippen LogP contribution is -2.61. The Morgan fingerprint density at radius 1 is 1.29 bits per heavy atom. The topological polar surface area (TPSA) is 54.0 Å². The minimum Gasteiger partial charge on any atom is -0.454 e. The zero-order chi connectivity index (χ0) is 12.8. The van der Waals surface area contributed by atoms with Crippen LogP contribution >= 0.6 is 0 Å². The molecule has 0 bridgehead atoms. The Morgan fingerprint density at radius 3 is 2.47 bits per heavy atom. The molecule has 98 valence electrons. The molecule has 5 nitrogen and oxygen atoms in total. The maximum Gasteiger partial charge on any atom is 0.338 e. The first kappa shape index (κ1) is 12.8. The molecular formula is C12H20O5. The fourth-order valence-corrected chi connectivity index (χ4v) is 2.54. The van der Waals surface area contributed by atoms with Gasteiger partial charge in [0.05, 0.1) is 0 Å². The third-order valence-electron chi connectivity index (χ3n) is 3.55. The third-order valence-corrected chi connectivity index (χ3v) is 3.55. The van der Waals surface area contributed by atoms with Crippen LogP contribution < -0.4 is 0 Å². The monoisotopic (exact) mass is 244 g/mol. The van der Waals surface area contributed by atoms with E-state index in [1.54, 1.807) is 21.0 Å². The van der Waals surface area contributed by atoms with E-state index in [1.165, 1.54) is 0 Å². The largest absolute Gasteiger partial charge is 0.454 e. The van der Waals surface area contributed by atoms with E-state index in [0.29, 0.717) is 6.42 Å². The summed E-state index contributed by atoms with van der Waals surface area (Å²) in [6.07, 6.45) is -0.725. The summed E-state index contributed by atoms with van der Waals surface area (Å²) >= 11 is 0. The first-order chi connectivity index (χ1) is 7.83. The van der Waals surface area contributed by atoms with Gasteiger partial charge in [-0.2, -0.15) is 0 Å². The van der Waals surface area contributed by atoms with Crippen LogP contribution in [0.4, 0.5) is 0 Å². The summed E-state index contributed by atoms with van der Waals surface area (Å²) in [6.45, 7) is 7.40. The van der Waals surface area contributed by atoms with Gasteiger partial charge >= 0.3 is 5.97 Å². The summed E-state index contributed by atoms with van der Waals surface area (Å²) < 4.78 is 22.3. The highest BCUT2D eigenvalue weighted by Gasteiger charge is 2.59. The Balaban J connectivity index is 2.31. The molecule has 0 aromatic rings. The summed E-state index contributed by atoms with van der Waals surface area (Å²) in [5.41, 5.74) is -0.656. The molecule has 2 saturated heterocycles. The Morgan fingerprint density at radius 2 is 1.94 bits per heavy atom. The minimum atomic E-state index is -0.774. The molecular weight excluding hydrogens is 224 g/mol. The molecule has 17 heavy (non-hydrogen) atoms. The van der Waals surface area contributed by atoms with Crippen molar-refractivity contribution in [3.05, 3.63) is 0 Å². The number of cyclic esters (lactones) is 1. The molecule has 4 unspecified atom stereocenters. The minimum absolute atomic E-state index is 0.308. The van der Waals surface area contributed by atoms with Crippen molar-refractivity contribution in [1.82, 2.24) is 0 Å². The van der Waals surface area contributed by atoms with E-state index in [0.717, 1.165) is 0 Å². The van der Waals surface area contributed by atoms with E-state index < -0.39 is 23.6 Å². The second-order valence-electron chi connectivity index (χ2n) is 5.26. The summed E-state index contributed by atoms with van der Waals surface area (Å²) in [7, 11) is 1.60. The van der Waals surface area contributed by atoms with E-state index in [4.69, 9.17) is 18.9 Å². The SMILES string of the molecule is CCC1(C)OC(=O)C2OC(C)(C)OC2C1OC. The lowest BCUT2D eigenvalue weighted by atomic mass is 9.86. The summed E-state index contributed by atoms with van der Waals surface area (Å²) in [6, 6.07) is 0. The van der Waals surface area contributed by atoms with Crippen molar-refractivity contribution in [2.45, 2.75) is 63.8 Å².